The van der Waals surface area contributed by atoms with Crippen molar-refractivity contribution < 1.29 is 35.5 Å². The molecule has 2 aliphatic rings. The lowest BCUT2D eigenvalue weighted by Gasteiger charge is -2.43. The van der Waals surface area contributed by atoms with Gasteiger partial charge in [-0.15, -0.1) is 0 Å². The number of benzene rings is 2. The lowest BCUT2D eigenvalue weighted by Crippen LogP contribution is -2.54. The number of nitrogens with zero attached hydrogens (tertiary/aromatic N) is 2. The topological polar surface area (TPSA) is 43.5 Å². The molecule has 2 N–H and O–H groups in total. The highest BCUT2D eigenvalue weighted by Crippen LogP contribution is 2.46. The maximum absolute atomic E-state index is 15.5. The van der Waals surface area contributed by atoms with E-state index in [4.69, 9.17) is 4.74 Å². The monoisotopic (exact) mass is 558 g/mol. The molecule has 39 heavy (non-hydrogen) atoms. The molecule has 3 aromatic rings. The zero-order valence-corrected chi connectivity index (χ0v) is 21.1. The molecule has 1 saturated heterocycles. The van der Waals surface area contributed by atoms with Crippen LogP contribution in [0.5, 0.6) is 5.75 Å². The molecule has 12 heteroatoms. The van der Waals surface area contributed by atoms with E-state index in [1.54, 1.807) is 25.1 Å². The number of hydrogen-bond donors (Lipinski definition) is 2. The molecule has 5 rings (SSSR count). The van der Waals surface area contributed by atoms with Crippen molar-refractivity contribution >= 4 is 16.6 Å². The average molecular weight is 559 g/mol. The Morgan fingerprint density at radius 3 is 2.54 bits per heavy atom. The number of para-hydroxylation sites is 1. The van der Waals surface area contributed by atoms with Crippen LogP contribution < -0.4 is 10.1 Å². The highest BCUT2D eigenvalue weighted by molar-refractivity contribution is 5.85. The number of nitrogens with one attached hydrogen (secondary N) is 2. The van der Waals surface area contributed by atoms with Crippen molar-refractivity contribution in [3.8, 4) is 5.75 Å². The summed E-state index contributed by atoms with van der Waals surface area (Å²) in [5.74, 6) is -1.27. The van der Waals surface area contributed by atoms with Crippen molar-refractivity contribution in [1.82, 2.24) is 14.8 Å². The first-order chi connectivity index (χ1) is 18.7. The number of aromatic nitrogens is 1. The van der Waals surface area contributed by atoms with Gasteiger partial charge in [-0.3, -0.25) is 14.2 Å². The van der Waals surface area contributed by atoms with Gasteiger partial charge in [0.2, 0.25) is 6.30 Å². The second-order valence-electron chi connectivity index (χ2n) is 10.1. The summed E-state index contributed by atoms with van der Waals surface area (Å²) in [6.07, 6.45) is -5.53. The van der Waals surface area contributed by atoms with Crippen LogP contribution in [0.1, 0.15) is 36.2 Å². The molecule has 0 bridgehead atoms. The third kappa shape index (κ3) is 5.41. The van der Waals surface area contributed by atoms with Gasteiger partial charge in [0.25, 0.3) is 6.43 Å². The number of H-pyrrole nitrogens is 1. The van der Waals surface area contributed by atoms with Crippen LogP contribution in [0.3, 0.4) is 0 Å². The van der Waals surface area contributed by atoms with E-state index in [-0.39, 0.29) is 23.7 Å². The van der Waals surface area contributed by atoms with Crippen molar-refractivity contribution in [1.29, 1.82) is 0 Å². The second kappa shape index (κ2) is 11.2. The molecule has 5 nitrogen and oxygen atoms in total. The first-order valence-electron chi connectivity index (χ1n) is 12.8. The second-order valence-corrected chi connectivity index (χ2v) is 10.1. The van der Waals surface area contributed by atoms with Crippen LogP contribution in [0.25, 0.3) is 10.9 Å². The fourth-order valence-corrected chi connectivity index (χ4v) is 5.75. The van der Waals surface area contributed by atoms with Crippen LogP contribution in [0.4, 0.5) is 36.4 Å². The van der Waals surface area contributed by atoms with Gasteiger partial charge in [-0.05, 0) is 37.5 Å². The van der Waals surface area contributed by atoms with Crippen LogP contribution in [0, 0.1) is 5.82 Å². The van der Waals surface area contributed by atoms with E-state index in [1.165, 1.54) is 0 Å². The molecule has 1 aromatic heterocycles. The van der Waals surface area contributed by atoms with E-state index < -0.39 is 49.7 Å². The number of hydrogen-bond acceptors (Lipinski definition) is 4. The van der Waals surface area contributed by atoms with Gasteiger partial charge in [0.05, 0.1) is 24.4 Å². The van der Waals surface area contributed by atoms with E-state index in [0.29, 0.717) is 42.8 Å². The number of aromatic amines is 1. The number of alkyl halides is 6. The quantitative estimate of drug-likeness (QED) is 0.228. The predicted octanol–water partition coefficient (Wildman–Crippen LogP) is 6.26. The Morgan fingerprint density at radius 1 is 1.10 bits per heavy atom. The van der Waals surface area contributed by atoms with Gasteiger partial charge in [0.15, 0.2) is 0 Å². The van der Waals surface area contributed by atoms with Crippen LogP contribution >= 0.6 is 0 Å². The van der Waals surface area contributed by atoms with Crippen LogP contribution in [-0.4, -0.2) is 72.5 Å². The molecule has 2 aromatic carbocycles. The van der Waals surface area contributed by atoms with Gasteiger partial charge in [-0.25, -0.2) is 17.6 Å². The minimum absolute atomic E-state index is 0.109. The summed E-state index contributed by atoms with van der Waals surface area (Å²) in [4.78, 5) is 5.98. The zero-order valence-electron chi connectivity index (χ0n) is 21.1. The van der Waals surface area contributed by atoms with Crippen LogP contribution in [0.2, 0.25) is 0 Å². The lowest BCUT2D eigenvalue weighted by atomic mass is 9.87. The third-order valence-electron chi connectivity index (χ3n) is 7.45. The standard InChI is InChI=1S/C27H29F7N4O/c1-14-9-17-16-5-2-3-6-20(16)36-23(17)24(38(14)26(32)25(30)31)18-10-19(29)21(11-22(18)39-27(33)34)35-15-12-37(13-15)8-4-7-28/h2-3,5-6,10-11,14-15,24-27,35-36H,4,7-9,12-13H2,1H3/t14-,24?,26?/m1/s1. The summed E-state index contributed by atoms with van der Waals surface area (Å²) in [6.45, 7) is -0.605. The minimum atomic E-state index is -3.38. The van der Waals surface area contributed by atoms with Crippen molar-refractivity contribution in [3.63, 3.8) is 0 Å². The van der Waals surface area contributed by atoms with Gasteiger partial charge in [-0.1, -0.05) is 18.2 Å². The van der Waals surface area contributed by atoms with Gasteiger partial charge >= 0.3 is 6.61 Å². The largest absolute Gasteiger partial charge is 0.434 e. The van der Waals surface area contributed by atoms with Gasteiger partial charge < -0.3 is 15.0 Å². The predicted molar refractivity (Wildman–Crippen MR) is 134 cm³/mol. The number of rotatable bonds is 10. The van der Waals surface area contributed by atoms with Crippen molar-refractivity contribution in [2.24, 2.45) is 0 Å². The Morgan fingerprint density at radius 2 is 1.85 bits per heavy atom. The van der Waals surface area contributed by atoms with Crippen molar-refractivity contribution in [2.45, 2.75) is 57.2 Å². The molecule has 0 saturated carbocycles. The number of ether oxygens (including phenoxy) is 1. The Kier molecular flexibility index (Phi) is 7.95. The molecule has 212 valence electrons. The van der Waals surface area contributed by atoms with Gasteiger partial charge in [-0.2, -0.15) is 8.78 Å². The molecule has 0 radical (unpaired) electrons. The summed E-state index contributed by atoms with van der Waals surface area (Å²) in [5.41, 5.74) is 1.39. The summed E-state index contributed by atoms with van der Waals surface area (Å²) in [7, 11) is 0. The number of anilines is 1. The summed E-state index contributed by atoms with van der Waals surface area (Å²) >= 11 is 0. The lowest BCUT2D eigenvalue weighted by molar-refractivity contribution is -0.0857. The fraction of sp³-hybridized carbons (Fsp3) is 0.481. The Bertz CT molecular complexity index is 1300. The third-order valence-corrected chi connectivity index (χ3v) is 7.45. The Balaban J connectivity index is 1.57. The average Bonchev–Trinajstić information content (AvgIpc) is 3.23. The number of fused-ring (bicyclic) bond motifs is 3. The first-order valence-corrected chi connectivity index (χ1v) is 12.8. The maximum Gasteiger partial charge on any atom is 0.387 e. The Labute approximate surface area is 220 Å². The highest BCUT2D eigenvalue weighted by atomic mass is 19.3. The molecule has 3 atom stereocenters. The van der Waals surface area contributed by atoms with E-state index in [2.05, 4.69) is 10.3 Å². The van der Waals surface area contributed by atoms with E-state index in [9.17, 15) is 22.0 Å². The Hall–Kier alpha value is -2.99. The van der Waals surface area contributed by atoms with Crippen molar-refractivity contribution in [3.05, 3.63) is 59.0 Å². The van der Waals surface area contributed by atoms with E-state index in [0.717, 1.165) is 22.4 Å². The van der Waals surface area contributed by atoms with Crippen molar-refractivity contribution in [2.75, 3.05) is 31.6 Å². The van der Waals surface area contributed by atoms with Gasteiger partial charge in [0, 0.05) is 53.9 Å². The number of likely N-dealkylation sites (tertiary alicyclic amines) is 1. The van der Waals surface area contributed by atoms with Crippen LogP contribution in [-0.2, 0) is 6.42 Å². The molecular formula is C27H29F7N4O. The molecular weight excluding hydrogens is 529 g/mol. The molecule has 1 fully saturated rings. The SMILES string of the molecule is C[C@@H]1Cc2c([nH]c3ccccc23)C(c2cc(F)c(NC3CN(CCCF)C3)cc2OC(F)F)N1C(F)C(F)F. The fourth-order valence-electron chi connectivity index (χ4n) is 5.75. The zero-order chi connectivity index (χ0) is 27.8. The van der Waals surface area contributed by atoms with Crippen LogP contribution in [0.15, 0.2) is 36.4 Å². The van der Waals surface area contributed by atoms with E-state index in [1.807, 2.05) is 11.0 Å². The molecule has 3 heterocycles. The van der Waals surface area contributed by atoms with E-state index >= 15 is 8.78 Å². The smallest absolute Gasteiger partial charge is 0.387 e. The minimum Gasteiger partial charge on any atom is -0.434 e. The molecule has 2 unspecified atom stereocenters. The molecule has 2 aliphatic heterocycles. The first kappa shape index (κ1) is 27.6. The van der Waals surface area contributed by atoms with Gasteiger partial charge in [0.1, 0.15) is 11.6 Å². The normalized spacial score (nSPS) is 21.4. The maximum atomic E-state index is 15.5. The highest BCUT2D eigenvalue weighted by Gasteiger charge is 2.44. The summed E-state index contributed by atoms with van der Waals surface area (Å²) in [5, 5.41) is 3.73. The summed E-state index contributed by atoms with van der Waals surface area (Å²) in [6, 6.07) is 6.84. The molecule has 0 spiro atoms. The summed E-state index contributed by atoms with van der Waals surface area (Å²) < 4.78 is 102. The molecule has 0 aliphatic carbocycles. The molecule has 0 amide bonds. The number of halogens is 7.